The molecule has 1 nitrogen and oxygen atoms in total. The molecule has 1 aliphatic rings. The maximum absolute atomic E-state index is 6.19. The predicted molar refractivity (Wildman–Crippen MR) is 98.0 cm³/mol. The van der Waals surface area contributed by atoms with E-state index >= 15 is 0 Å². The van der Waals surface area contributed by atoms with Crippen LogP contribution in [-0.4, -0.2) is 0 Å². The van der Waals surface area contributed by atoms with Crippen molar-refractivity contribution in [1.82, 2.24) is 0 Å². The van der Waals surface area contributed by atoms with Crippen molar-refractivity contribution in [2.24, 2.45) is 5.73 Å². The average molecular weight is 297 g/mol. The van der Waals surface area contributed by atoms with Gasteiger partial charge in [-0.05, 0) is 46.0 Å². The van der Waals surface area contributed by atoms with Gasteiger partial charge in [-0.3, -0.25) is 0 Å². The fourth-order valence-electron chi connectivity index (χ4n) is 3.34. The SMILES string of the molecule is NC1=CC(c2ccccc2)CC(c2ccc3ccccc3c2)=C1. The third-order valence-corrected chi connectivity index (χ3v) is 4.52. The Kier molecular flexibility index (Phi) is 3.47. The van der Waals surface area contributed by atoms with Crippen molar-refractivity contribution in [3.63, 3.8) is 0 Å². The topological polar surface area (TPSA) is 26.0 Å². The van der Waals surface area contributed by atoms with Crippen LogP contribution in [0.5, 0.6) is 0 Å². The monoisotopic (exact) mass is 297 g/mol. The normalized spacial score (nSPS) is 17.7. The lowest BCUT2D eigenvalue weighted by atomic mass is 9.84. The summed E-state index contributed by atoms with van der Waals surface area (Å²) in [4.78, 5) is 0. The summed E-state index contributed by atoms with van der Waals surface area (Å²) in [6.07, 6.45) is 5.27. The number of benzene rings is 3. The molecule has 2 N–H and O–H groups in total. The van der Waals surface area contributed by atoms with Crippen LogP contribution < -0.4 is 5.73 Å². The molecule has 4 rings (SSSR count). The van der Waals surface area contributed by atoms with E-state index in [0.29, 0.717) is 5.92 Å². The number of nitrogens with two attached hydrogens (primary N) is 1. The lowest BCUT2D eigenvalue weighted by Gasteiger charge is -2.21. The maximum Gasteiger partial charge on any atom is 0.0282 e. The molecule has 1 aliphatic carbocycles. The summed E-state index contributed by atoms with van der Waals surface area (Å²) in [6, 6.07) is 25.7. The summed E-state index contributed by atoms with van der Waals surface area (Å²) < 4.78 is 0. The molecule has 1 unspecified atom stereocenters. The van der Waals surface area contributed by atoms with Crippen LogP contribution in [0.3, 0.4) is 0 Å². The lowest BCUT2D eigenvalue weighted by molar-refractivity contribution is 0.855. The van der Waals surface area contributed by atoms with Gasteiger partial charge in [-0.1, -0.05) is 72.8 Å². The molecule has 3 aromatic carbocycles. The summed E-state index contributed by atoms with van der Waals surface area (Å²) in [5, 5.41) is 2.55. The molecule has 0 amide bonds. The van der Waals surface area contributed by atoms with Gasteiger partial charge in [0.15, 0.2) is 0 Å². The van der Waals surface area contributed by atoms with Gasteiger partial charge in [0.05, 0.1) is 0 Å². The van der Waals surface area contributed by atoms with Gasteiger partial charge in [-0.25, -0.2) is 0 Å². The van der Waals surface area contributed by atoms with Gasteiger partial charge in [0, 0.05) is 11.6 Å². The number of allylic oxidation sites excluding steroid dienone is 3. The minimum Gasteiger partial charge on any atom is -0.399 e. The fourth-order valence-corrected chi connectivity index (χ4v) is 3.34. The minimum atomic E-state index is 0.350. The Morgan fingerprint density at radius 2 is 1.52 bits per heavy atom. The highest BCUT2D eigenvalue weighted by Gasteiger charge is 2.17. The first-order valence-electron chi connectivity index (χ1n) is 8.01. The molecule has 0 spiro atoms. The third-order valence-electron chi connectivity index (χ3n) is 4.52. The summed E-state index contributed by atoms with van der Waals surface area (Å²) >= 11 is 0. The molecule has 23 heavy (non-hydrogen) atoms. The van der Waals surface area contributed by atoms with E-state index in [4.69, 9.17) is 5.73 Å². The molecule has 0 aliphatic heterocycles. The quantitative estimate of drug-likeness (QED) is 0.686. The first-order chi connectivity index (χ1) is 11.3. The van der Waals surface area contributed by atoms with E-state index in [-0.39, 0.29) is 0 Å². The molecule has 0 heterocycles. The van der Waals surface area contributed by atoms with Crippen LogP contribution >= 0.6 is 0 Å². The van der Waals surface area contributed by atoms with Crippen LogP contribution in [0.15, 0.2) is 90.6 Å². The van der Waals surface area contributed by atoms with Gasteiger partial charge in [0.25, 0.3) is 0 Å². The van der Waals surface area contributed by atoms with Gasteiger partial charge in [0.1, 0.15) is 0 Å². The molecule has 0 radical (unpaired) electrons. The Balaban J connectivity index is 1.71. The Hall–Kier alpha value is -2.80. The highest BCUT2D eigenvalue weighted by Crippen LogP contribution is 2.35. The van der Waals surface area contributed by atoms with Crippen LogP contribution in [0, 0.1) is 0 Å². The second-order valence-electron chi connectivity index (χ2n) is 6.12. The molecule has 1 atom stereocenters. The zero-order valence-electron chi connectivity index (χ0n) is 12.9. The van der Waals surface area contributed by atoms with Gasteiger partial charge in [-0.15, -0.1) is 0 Å². The summed E-state index contributed by atoms with van der Waals surface area (Å²) in [5.74, 6) is 0.350. The van der Waals surface area contributed by atoms with Gasteiger partial charge in [-0.2, -0.15) is 0 Å². The van der Waals surface area contributed by atoms with Crippen molar-refractivity contribution in [3.8, 4) is 0 Å². The van der Waals surface area contributed by atoms with Crippen molar-refractivity contribution < 1.29 is 0 Å². The van der Waals surface area contributed by atoms with E-state index in [9.17, 15) is 0 Å². The fraction of sp³-hybridized carbons (Fsp3) is 0.0909. The summed E-state index contributed by atoms with van der Waals surface area (Å²) in [6.45, 7) is 0. The molecule has 0 fully saturated rings. The van der Waals surface area contributed by atoms with Crippen LogP contribution in [0.25, 0.3) is 16.3 Å². The van der Waals surface area contributed by atoms with E-state index in [1.165, 1.54) is 27.5 Å². The number of fused-ring (bicyclic) bond motifs is 1. The molecule has 1 heteroatoms. The van der Waals surface area contributed by atoms with E-state index < -0.39 is 0 Å². The summed E-state index contributed by atoms with van der Waals surface area (Å²) in [5.41, 5.74) is 10.9. The largest absolute Gasteiger partial charge is 0.399 e. The van der Waals surface area contributed by atoms with E-state index in [1.54, 1.807) is 0 Å². The molecule has 0 saturated carbocycles. The number of rotatable bonds is 2. The Morgan fingerprint density at radius 3 is 2.35 bits per heavy atom. The van der Waals surface area contributed by atoms with Gasteiger partial charge >= 0.3 is 0 Å². The number of hydrogen-bond acceptors (Lipinski definition) is 1. The smallest absolute Gasteiger partial charge is 0.0282 e. The number of hydrogen-bond donors (Lipinski definition) is 1. The highest BCUT2D eigenvalue weighted by atomic mass is 14.6. The van der Waals surface area contributed by atoms with Crippen molar-refractivity contribution in [3.05, 3.63) is 102 Å². The third kappa shape index (κ3) is 2.78. The molecule has 112 valence electrons. The molecule has 0 bridgehead atoms. The van der Waals surface area contributed by atoms with E-state index in [2.05, 4.69) is 84.9 Å². The first kappa shape index (κ1) is 13.8. The van der Waals surface area contributed by atoms with Crippen LogP contribution in [0.2, 0.25) is 0 Å². The molecule has 0 aromatic heterocycles. The van der Waals surface area contributed by atoms with E-state index in [1.807, 2.05) is 0 Å². The highest BCUT2D eigenvalue weighted by molar-refractivity contribution is 5.87. The Labute approximate surface area is 136 Å². The lowest BCUT2D eigenvalue weighted by Crippen LogP contribution is -2.08. The average Bonchev–Trinajstić information content (AvgIpc) is 2.61. The zero-order chi connectivity index (χ0) is 15.6. The van der Waals surface area contributed by atoms with Gasteiger partial charge in [0.2, 0.25) is 0 Å². The summed E-state index contributed by atoms with van der Waals surface area (Å²) in [7, 11) is 0. The molecule has 0 saturated heterocycles. The molecule has 3 aromatic rings. The minimum absolute atomic E-state index is 0.350. The van der Waals surface area contributed by atoms with Crippen molar-refractivity contribution in [2.45, 2.75) is 12.3 Å². The van der Waals surface area contributed by atoms with Crippen LogP contribution in [0.1, 0.15) is 23.5 Å². The molecular formula is C22H19N. The van der Waals surface area contributed by atoms with E-state index in [0.717, 1.165) is 12.1 Å². The van der Waals surface area contributed by atoms with Crippen LogP contribution in [0.4, 0.5) is 0 Å². The van der Waals surface area contributed by atoms with Crippen molar-refractivity contribution >= 4 is 16.3 Å². The van der Waals surface area contributed by atoms with Gasteiger partial charge < -0.3 is 5.73 Å². The maximum atomic E-state index is 6.19. The van der Waals surface area contributed by atoms with Crippen LogP contribution in [-0.2, 0) is 0 Å². The second-order valence-corrected chi connectivity index (χ2v) is 6.12. The Morgan fingerprint density at radius 1 is 0.783 bits per heavy atom. The van der Waals surface area contributed by atoms with Crippen molar-refractivity contribution in [2.75, 3.05) is 0 Å². The predicted octanol–water partition coefficient (Wildman–Crippen LogP) is 5.25. The van der Waals surface area contributed by atoms with Crippen molar-refractivity contribution in [1.29, 1.82) is 0 Å². The zero-order valence-corrected chi connectivity index (χ0v) is 12.9. The Bertz CT molecular complexity index is 903. The first-order valence-corrected chi connectivity index (χ1v) is 8.01. The second kappa shape index (κ2) is 5.77. The molecular weight excluding hydrogens is 278 g/mol. The standard InChI is InChI=1S/C22H19N/c23-22-14-20(16-6-2-1-3-7-16)13-21(15-22)19-11-10-17-8-4-5-9-18(17)12-19/h1-12,14-15,20H,13,23H2.